The van der Waals surface area contributed by atoms with Crippen molar-refractivity contribution in [2.45, 2.75) is 69.9 Å². The van der Waals surface area contributed by atoms with E-state index in [9.17, 15) is 13.8 Å². The number of carbonyl (C=O) groups is 2. The Morgan fingerprint density at radius 1 is 1.25 bits per heavy atom. The summed E-state index contributed by atoms with van der Waals surface area (Å²) in [6.45, 7) is 12.3. The second-order valence-electron chi connectivity index (χ2n) is 11.7. The minimum Gasteiger partial charge on any atom is -0.369 e. The standard InChI is InChI=1S/C29H44N6O3S2/c1-21(2)17-35(23-15-22(18-34(19-23)20-36)33-40(38)24-11-8-7-9-12-24)27(37)25-16-31-28(29(3,4)5)32-26(25)30-13-10-14-39-6/h7-9,11-12,16,20-23,33H,10,13-15,17-19H2,1-6H3,(H,30,31,32). The summed E-state index contributed by atoms with van der Waals surface area (Å²) in [6.07, 6.45) is 6.04. The molecule has 1 fully saturated rings. The Balaban J connectivity index is 1.90. The summed E-state index contributed by atoms with van der Waals surface area (Å²) >= 11 is 1.78. The van der Waals surface area contributed by atoms with Crippen molar-refractivity contribution in [3.63, 3.8) is 0 Å². The van der Waals surface area contributed by atoms with E-state index >= 15 is 0 Å². The molecule has 2 heterocycles. The predicted molar refractivity (Wildman–Crippen MR) is 164 cm³/mol. The lowest BCUT2D eigenvalue weighted by Crippen LogP contribution is -2.57. The summed E-state index contributed by atoms with van der Waals surface area (Å²) in [7, 11) is -1.43. The largest absolute Gasteiger partial charge is 0.369 e. The van der Waals surface area contributed by atoms with Gasteiger partial charge in [-0.3, -0.25) is 9.59 Å². The minimum atomic E-state index is -1.43. The monoisotopic (exact) mass is 588 g/mol. The van der Waals surface area contributed by atoms with Crippen molar-refractivity contribution in [1.82, 2.24) is 24.5 Å². The number of nitrogens with zero attached hydrogens (tertiary/aromatic N) is 4. The van der Waals surface area contributed by atoms with Crippen LogP contribution in [-0.2, 0) is 21.2 Å². The number of piperidine rings is 1. The second kappa shape index (κ2) is 14.9. The molecule has 1 aliphatic rings. The molecular formula is C29H44N6O3S2. The summed E-state index contributed by atoms with van der Waals surface area (Å²) < 4.78 is 16.2. The first kappa shape index (κ1) is 32.0. The Hall–Kier alpha value is -2.50. The number of likely N-dealkylation sites (tertiary alicyclic amines) is 1. The van der Waals surface area contributed by atoms with Gasteiger partial charge in [0.2, 0.25) is 6.41 Å². The highest BCUT2D eigenvalue weighted by Crippen LogP contribution is 2.26. The van der Waals surface area contributed by atoms with Gasteiger partial charge in [0.05, 0.1) is 10.9 Å². The van der Waals surface area contributed by atoms with Gasteiger partial charge in [-0.05, 0) is 42.9 Å². The van der Waals surface area contributed by atoms with Gasteiger partial charge < -0.3 is 15.1 Å². The second-order valence-corrected chi connectivity index (χ2v) is 13.9. The maximum atomic E-state index is 14.2. The molecule has 2 aromatic rings. The lowest BCUT2D eigenvalue weighted by molar-refractivity contribution is -0.120. The molecule has 0 bridgehead atoms. The molecule has 9 nitrogen and oxygen atoms in total. The van der Waals surface area contributed by atoms with E-state index in [1.54, 1.807) is 22.9 Å². The van der Waals surface area contributed by atoms with Crippen molar-refractivity contribution in [3.05, 3.63) is 47.9 Å². The smallest absolute Gasteiger partial charge is 0.259 e. The number of hydrogen-bond acceptors (Lipinski definition) is 7. The van der Waals surface area contributed by atoms with Crippen LogP contribution in [0.2, 0.25) is 0 Å². The van der Waals surface area contributed by atoms with Crippen molar-refractivity contribution in [2.24, 2.45) is 5.92 Å². The first-order valence-corrected chi connectivity index (χ1v) is 16.4. The average molecular weight is 589 g/mol. The summed E-state index contributed by atoms with van der Waals surface area (Å²) in [6, 6.07) is 8.69. The predicted octanol–water partition coefficient (Wildman–Crippen LogP) is 3.95. The van der Waals surface area contributed by atoms with E-state index in [2.05, 4.69) is 55.9 Å². The van der Waals surface area contributed by atoms with Gasteiger partial charge >= 0.3 is 0 Å². The molecule has 0 saturated carbocycles. The van der Waals surface area contributed by atoms with E-state index in [1.165, 1.54) is 0 Å². The van der Waals surface area contributed by atoms with Gasteiger partial charge in [-0.15, -0.1) is 0 Å². The van der Waals surface area contributed by atoms with Crippen molar-refractivity contribution >= 4 is 40.9 Å². The molecule has 1 aromatic carbocycles. The lowest BCUT2D eigenvalue weighted by atomic mass is 9.95. The quantitative estimate of drug-likeness (QED) is 0.270. The van der Waals surface area contributed by atoms with E-state index in [0.29, 0.717) is 54.7 Å². The summed E-state index contributed by atoms with van der Waals surface area (Å²) in [5, 5.41) is 3.39. The van der Waals surface area contributed by atoms with Crippen LogP contribution >= 0.6 is 11.8 Å². The van der Waals surface area contributed by atoms with Crippen molar-refractivity contribution in [2.75, 3.05) is 43.5 Å². The van der Waals surface area contributed by atoms with Crippen LogP contribution in [0.3, 0.4) is 0 Å². The maximum Gasteiger partial charge on any atom is 0.259 e. The van der Waals surface area contributed by atoms with Gasteiger partial charge in [0.1, 0.15) is 28.2 Å². The van der Waals surface area contributed by atoms with E-state index in [1.807, 2.05) is 35.2 Å². The summed E-state index contributed by atoms with van der Waals surface area (Å²) in [5.41, 5.74) is 0.161. The molecule has 3 atom stereocenters. The number of carbonyl (C=O) groups excluding carboxylic acids is 2. The first-order valence-electron chi connectivity index (χ1n) is 13.9. The van der Waals surface area contributed by atoms with Crippen molar-refractivity contribution in [3.8, 4) is 0 Å². The summed E-state index contributed by atoms with van der Waals surface area (Å²) in [5.74, 6) is 2.26. The van der Waals surface area contributed by atoms with Crippen LogP contribution in [-0.4, -0.2) is 86.6 Å². The Kier molecular flexibility index (Phi) is 12.0. The van der Waals surface area contributed by atoms with Crippen LogP contribution < -0.4 is 10.0 Å². The Labute approximate surface area is 245 Å². The molecule has 1 aromatic heterocycles. The van der Waals surface area contributed by atoms with Gasteiger partial charge in [0.25, 0.3) is 5.91 Å². The zero-order valence-corrected chi connectivity index (χ0v) is 26.2. The third-order valence-electron chi connectivity index (χ3n) is 6.61. The molecule has 0 aliphatic carbocycles. The molecule has 3 rings (SSSR count). The van der Waals surface area contributed by atoms with Gasteiger partial charge in [-0.25, -0.2) is 18.9 Å². The molecular weight excluding hydrogens is 544 g/mol. The normalized spacial score (nSPS) is 18.4. The fourth-order valence-electron chi connectivity index (χ4n) is 4.67. The molecule has 0 radical (unpaired) electrons. The third kappa shape index (κ3) is 9.01. The highest BCUT2D eigenvalue weighted by molar-refractivity contribution is 7.98. The van der Waals surface area contributed by atoms with Crippen LogP contribution in [0.15, 0.2) is 41.4 Å². The highest BCUT2D eigenvalue weighted by atomic mass is 32.2. The van der Waals surface area contributed by atoms with E-state index in [4.69, 9.17) is 4.98 Å². The van der Waals surface area contributed by atoms with Crippen LogP contribution in [0.25, 0.3) is 0 Å². The zero-order valence-electron chi connectivity index (χ0n) is 24.6. The number of thioether (sulfide) groups is 1. The Morgan fingerprint density at radius 3 is 2.60 bits per heavy atom. The summed E-state index contributed by atoms with van der Waals surface area (Å²) in [4.78, 5) is 39.7. The molecule has 2 N–H and O–H groups in total. The van der Waals surface area contributed by atoms with Gasteiger partial charge in [0, 0.05) is 43.8 Å². The number of amides is 2. The Morgan fingerprint density at radius 2 is 1.98 bits per heavy atom. The number of rotatable bonds is 13. The topological polar surface area (TPSA) is 108 Å². The fourth-order valence-corrected chi connectivity index (χ4v) is 6.12. The molecule has 11 heteroatoms. The highest BCUT2D eigenvalue weighted by Gasteiger charge is 2.35. The zero-order chi connectivity index (χ0) is 29.3. The molecule has 2 amide bonds. The van der Waals surface area contributed by atoms with E-state index in [0.717, 1.165) is 18.6 Å². The van der Waals surface area contributed by atoms with Crippen LogP contribution in [0.1, 0.15) is 63.6 Å². The van der Waals surface area contributed by atoms with Crippen molar-refractivity contribution < 1.29 is 13.8 Å². The lowest BCUT2D eigenvalue weighted by Gasteiger charge is -2.42. The first-order chi connectivity index (χ1) is 19.0. The molecule has 40 heavy (non-hydrogen) atoms. The van der Waals surface area contributed by atoms with Crippen LogP contribution in [0.4, 0.5) is 5.82 Å². The Bertz CT molecular complexity index is 1140. The number of nitrogens with one attached hydrogen (secondary N) is 2. The SMILES string of the molecule is CSCCCNc1nc(C(C)(C)C)ncc1C(=O)N(CC(C)C)C1CC(NS(=O)c2ccccc2)CN(C=O)C1. The molecule has 1 saturated heterocycles. The molecule has 220 valence electrons. The number of hydrogen-bond donors (Lipinski definition) is 2. The molecule has 3 unspecified atom stereocenters. The van der Waals surface area contributed by atoms with Gasteiger partial charge in [0.15, 0.2) is 0 Å². The van der Waals surface area contributed by atoms with Crippen molar-refractivity contribution in [1.29, 1.82) is 0 Å². The number of anilines is 1. The third-order valence-corrected chi connectivity index (χ3v) is 8.55. The van der Waals surface area contributed by atoms with Gasteiger partial charge in [-0.2, -0.15) is 11.8 Å². The van der Waals surface area contributed by atoms with Crippen LogP contribution in [0.5, 0.6) is 0 Å². The molecule has 0 spiro atoms. The molecule has 1 aliphatic heterocycles. The average Bonchev–Trinajstić information content (AvgIpc) is 2.93. The fraction of sp³-hybridized carbons (Fsp3) is 0.586. The number of aromatic nitrogens is 2. The maximum absolute atomic E-state index is 14.2. The minimum absolute atomic E-state index is 0.165. The van der Waals surface area contributed by atoms with Crippen LogP contribution in [0, 0.1) is 5.92 Å². The number of benzene rings is 1. The van der Waals surface area contributed by atoms with Gasteiger partial charge in [-0.1, -0.05) is 52.8 Å². The van der Waals surface area contributed by atoms with E-state index in [-0.39, 0.29) is 29.3 Å². The van der Waals surface area contributed by atoms with E-state index < -0.39 is 11.0 Å².